The van der Waals surface area contributed by atoms with Crippen molar-refractivity contribution in [2.24, 2.45) is 0 Å². The lowest BCUT2D eigenvalue weighted by atomic mass is 9.99. The Kier molecular flexibility index (Phi) is 3.78. The first kappa shape index (κ1) is 13.5. The average Bonchev–Trinajstić information content (AvgIpc) is 2.52. The molecule has 0 aliphatic rings. The lowest BCUT2D eigenvalue weighted by Gasteiger charge is -2.06. The highest BCUT2D eigenvalue weighted by Crippen LogP contribution is 2.19. The van der Waals surface area contributed by atoms with Crippen LogP contribution in [-0.4, -0.2) is 10.8 Å². The van der Waals surface area contributed by atoms with Gasteiger partial charge in [-0.05, 0) is 24.3 Å². The van der Waals surface area contributed by atoms with Crippen molar-refractivity contribution in [3.63, 3.8) is 0 Å². The van der Waals surface area contributed by atoms with Crippen LogP contribution in [0.4, 0.5) is 0 Å². The second kappa shape index (κ2) is 5.88. The van der Waals surface area contributed by atoms with E-state index in [0.29, 0.717) is 6.42 Å². The van der Waals surface area contributed by atoms with E-state index in [1.165, 1.54) is 11.1 Å². The summed E-state index contributed by atoms with van der Waals surface area (Å²) < 4.78 is 0. The molecule has 0 unspecified atom stereocenters. The first-order valence-corrected chi connectivity index (χ1v) is 7.15. The van der Waals surface area contributed by atoms with Gasteiger partial charge in [0.1, 0.15) is 0 Å². The maximum Gasteiger partial charge on any atom is 0.165 e. The maximum absolute atomic E-state index is 12.5. The van der Waals surface area contributed by atoms with Crippen molar-refractivity contribution < 1.29 is 4.79 Å². The molecule has 1 aromatic heterocycles. The Bertz CT molecular complexity index is 787. The van der Waals surface area contributed by atoms with E-state index in [9.17, 15) is 4.79 Å². The number of nitrogens with zero attached hydrogens (tertiary/aromatic N) is 1. The number of rotatable bonds is 4. The highest BCUT2D eigenvalue weighted by atomic mass is 16.1. The van der Waals surface area contributed by atoms with Crippen molar-refractivity contribution in [3.05, 3.63) is 77.6 Å². The third kappa shape index (κ3) is 3.00. The van der Waals surface area contributed by atoms with Crippen LogP contribution < -0.4 is 0 Å². The van der Waals surface area contributed by atoms with Gasteiger partial charge in [0.25, 0.3) is 0 Å². The van der Waals surface area contributed by atoms with Crippen LogP contribution >= 0.6 is 0 Å². The molecular formula is C19H17NO. The molecule has 1 heterocycles. The van der Waals surface area contributed by atoms with Gasteiger partial charge in [-0.15, -0.1) is 0 Å². The Hall–Kier alpha value is -2.48. The molecule has 21 heavy (non-hydrogen) atoms. The molecule has 0 fully saturated rings. The van der Waals surface area contributed by atoms with Crippen molar-refractivity contribution in [2.45, 2.75) is 19.8 Å². The number of hydrogen-bond acceptors (Lipinski definition) is 2. The summed E-state index contributed by atoms with van der Waals surface area (Å²) in [6.07, 6.45) is 4.76. The number of fused-ring (bicyclic) bond motifs is 1. The van der Waals surface area contributed by atoms with E-state index in [1.807, 2.05) is 30.3 Å². The van der Waals surface area contributed by atoms with E-state index in [2.05, 4.69) is 30.1 Å². The summed E-state index contributed by atoms with van der Waals surface area (Å²) >= 11 is 0. The number of carbonyl (C=O) groups excluding carboxylic acids is 1. The summed E-state index contributed by atoms with van der Waals surface area (Å²) in [6, 6.07) is 16.2. The number of carbonyl (C=O) groups is 1. The largest absolute Gasteiger partial charge is 0.294 e. The Morgan fingerprint density at radius 1 is 1.05 bits per heavy atom. The highest BCUT2D eigenvalue weighted by Gasteiger charge is 2.10. The molecular weight excluding hydrogens is 258 g/mol. The fourth-order valence-electron chi connectivity index (χ4n) is 2.60. The molecule has 0 saturated carbocycles. The van der Waals surface area contributed by atoms with Crippen molar-refractivity contribution in [1.29, 1.82) is 0 Å². The summed E-state index contributed by atoms with van der Waals surface area (Å²) in [5.41, 5.74) is 3.16. The number of hydrogen-bond donors (Lipinski definition) is 0. The number of aromatic nitrogens is 1. The first-order valence-electron chi connectivity index (χ1n) is 7.15. The molecule has 0 saturated heterocycles. The van der Waals surface area contributed by atoms with E-state index < -0.39 is 0 Å². The third-order valence-electron chi connectivity index (χ3n) is 3.69. The predicted octanol–water partition coefficient (Wildman–Crippen LogP) is 4.36. The SMILES string of the molecule is Cc1cccc(CCC(=O)c2cncc3ccccc23)c1. The minimum atomic E-state index is 0.154. The lowest BCUT2D eigenvalue weighted by Crippen LogP contribution is -2.03. The molecule has 0 bridgehead atoms. The van der Waals surface area contributed by atoms with Crippen LogP contribution in [0.25, 0.3) is 10.8 Å². The molecule has 2 heteroatoms. The van der Waals surface area contributed by atoms with Gasteiger partial charge in [-0.25, -0.2) is 0 Å². The van der Waals surface area contributed by atoms with E-state index in [1.54, 1.807) is 12.4 Å². The Morgan fingerprint density at radius 3 is 2.76 bits per heavy atom. The van der Waals surface area contributed by atoms with Crippen LogP contribution in [0.2, 0.25) is 0 Å². The van der Waals surface area contributed by atoms with Crippen molar-refractivity contribution in [3.8, 4) is 0 Å². The van der Waals surface area contributed by atoms with Crippen LogP contribution in [0.3, 0.4) is 0 Å². The molecule has 0 spiro atoms. The average molecular weight is 275 g/mol. The molecule has 2 nitrogen and oxygen atoms in total. The summed E-state index contributed by atoms with van der Waals surface area (Å²) in [7, 11) is 0. The first-order chi connectivity index (χ1) is 10.2. The van der Waals surface area contributed by atoms with E-state index >= 15 is 0 Å². The summed E-state index contributed by atoms with van der Waals surface area (Å²) in [6.45, 7) is 2.07. The Balaban J connectivity index is 1.81. The lowest BCUT2D eigenvalue weighted by molar-refractivity contribution is 0.0984. The molecule has 0 radical (unpaired) electrons. The van der Waals surface area contributed by atoms with Crippen LogP contribution in [0.5, 0.6) is 0 Å². The van der Waals surface area contributed by atoms with Crippen LogP contribution in [0, 0.1) is 6.92 Å². The van der Waals surface area contributed by atoms with Gasteiger partial charge in [-0.3, -0.25) is 9.78 Å². The van der Waals surface area contributed by atoms with E-state index in [4.69, 9.17) is 0 Å². The zero-order chi connectivity index (χ0) is 14.7. The molecule has 0 atom stereocenters. The number of pyridine rings is 1. The minimum absolute atomic E-state index is 0.154. The van der Waals surface area contributed by atoms with Crippen molar-refractivity contribution >= 4 is 16.6 Å². The van der Waals surface area contributed by atoms with Gasteiger partial charge in [0.05, 0.1) is 0 Å². The third-order valence-corrected chi connectivity index (χ3v) is 3.69. The van der Waals surface area contributed by atoms with Gasteiger partial charge < -0.3 is 0 Å². The molecule has 0 aliphatic carbocycles. The second-order valence-corrected chi connectivity index (χ2v) is 5.32. The minimum Gasteiger partial charge on any atom is -0.294 e. The zero-order valence-electron chi connectivity index (χ0n) is 12.0. The molecule has 3 rings (SSSR count). The molecule has 0 amide bonds. The smallest absolute Gasteiger partial charge is 0.165 e. The Morgan fingerprint density at radius 2 is 1.90 bits per heavy atom. The van der Waals surface area contributed by atoms with Crippen LogP contribution in [0.1, 0.15) is 27.9 Å². The summed E-state index contributed by atoms with van der Waals surface area (Å²) in [4.78, 5) is 16.7. The number of benzene rings is 2. The molecule has 0 aliphatic heterocycles. The zero-order valence-corrected chi connectivity index (χ0v) is 12.0. The number of ketones is 1. The topological polar surface area (TPSA) is 30.0 Å². The normalized spacial score (nSPS) is 10.7. The van der Waals surface area contributed by atoms with Crippen LogP contribution in [-0.2, 0) is 6.42 Å². The molecule has 0 N–H and O–H groups in total. The van der Waals surface area contributed by atoms with Gasteiger partial charge in [0.15, 0.2) is 5.78 Å². The van der Waals surface area contributed by atoms with Crippen molar-refractivity contribution in [2.75, 3.05) is 0 Å². The molecule has 104 valence electrons. The molecule has 3 aromatic rings. The van der Waals surface area contributed by atoms with Gasteiger partial charge in [-0.2, -0.15) is 0 Å². The summed E-state index contributed by atoms with van der Waals surface area (Å²) in [5, 5.41) is 2.00. The van der Waals surface area contributed by atoms with E-state index in [-0.39, 0.29) is 5.78 Å². The van der Waals surface area contributed by atoms with E-state index in [0.717, 1.165) is 22.8 Å². The maximum atomic E-state index is 12.5. The number of Topliss-reactive ketones (excluding diaryl/α,β-unsaturated/α-hetero) is 1. The molecule has 2 aromatic carbocycles. The van der Waals surface area contributed by atoms with Gasteiger partial charge in [0, 0.05) is 29.8 Å². The second-order valence-electron chi connectivity index (χ2n) is 5.32. The van der Waals surface area contributed by atoms with Crippen LogP contribution in [0.15, 0.2) is 60.9 Å². The predicted molar refractivity (Wildman–Crippen MR) is 85.6 cm³/mol. The Labute approximate surface area is 124 Å². The fourth-order valence-corrected chi connectivity index (χ4v) is 2.60. The van der Waals surface area contributed by atoms with Gasteiger partial charge in [0.2, 0.25) is 0 Å². The quantitative estimate of drug-likeness (QED) is 0.662. The standard InChI is InChI=1S/C19H17NO/c1-14-5-4-6-15(11-14)9-10-19(21)18-13-20-12-16-7-2-3-8-17(16)18/h2-8,11-13H,9-10H2,1H3. The monoisotopic (exact) mass is 275 g/mol. The highest BCUT2D eigenvalue weighted by molar-refractivity contribution is 6.07. The fraction of sp³-hybridized carbons (Fsp3) is 0.158. The number of aryl methyl sites for hydroxylation is 2. The van der Waals surface area contributed by atoms with Crippen molar-refractivity contribution in [1.82, 2.24) is 4.98 Å². The van der Waals surface area contributed by atoms with Gasteiger partial charge >= 0.3 is 0 Å². The van der Waals surface area contributed by atoms with Gasteiger partial charge in [-0.1, -0.05) is 54.1 Å². The summed E-state index contributed by atoms with van der Waals surface area (Å²) in [5.74, 6) is 0.154.